The summed E-state index contributed by atoms with van der Waals surface area (Å²) in [6.07, 6.45) is -0.276. The van der Waals surface area contributed by atoms with Crippen LogP contribution in [0.3, 0.4) is 0 Å². The van der Waals surface area contributed by atoms with Crippen molar-refractivity contribution in [1.82, 2.24) is 9.80 Å². The molecule has 3 atom stereocenters. The summed E-state index contributed by atoms with van der Waals surface area (Å²) in [6.45, 7) is 5.54. The van der Waals surface area contributed by atoms with Crippen molar-refractivity contribution in [2.24, 2.45) is 5.92 Å². The van der Waals surface area contributed by atoms with Gasteiger partial charge in [-0.3, -0.25) is 14.4 Å². The first kappa shape index (κ1) is 29.2. The molecule has 2 N–H and O–H groups in total. The summed E-state index contributed by atoms with van der Waals surface area (Å²) in [5.41, 5.74) is 1.99. The van der Waals surface area contributed by atoms with E-state index in [1.54, 1.807) is 34.5 Å². The van der Waals surface area contributed by atoms with Crippen LogP contribution < -0.4 is 18.9 Å². The molecule has 0 aliphatic carbocycles. The quantitative estimate of drug-likeness (QED) is 0.383. The summed E-state index contributed by atoms with van der Waals surface area (Å²) >= 11 is 1.13. The van der Waals surface area contributed by atoms with E-state index in [0.717, 1.165) is 28.4 Å². The Bertz CT molecular complexity index is 1480. The van der Waals surface area contributed by atoms with Crippen LogP contribution in [0.1, 0.15) is 25.0 Å². The Balaban J connectivity index is 1.40. The van der Waals surface area contributed by atoms with E-state index in [4.69, 9.17) is 14.2 Å². The van der Waals surface area contributed by atoms with Crippen LogP contribution in [0.5, 0.6) is 17.2 Å². The number of nitrogens with one attached hydrogen (secondary N) is 1. The number of hydrogen-bond donors (Lipinski definition) is 2. The van der Waals surface area contributed by atoms with Gasteiger partial charge in [-0.05, 0) is 61.3 Å². The molecular weight excluding hydrogens is 566 g/mol. The molecule has 2 aromatic carbocycles. The molecule has 1 amide bonds. The number of carbonyl (C=O) groups excluding carboxylic acids is 1. The van der Waals surface area contributed by atoms with E-state index in [9.17, 15) is 18.3 Å². The lowest BCUT2D eigenvalue weighted by atomic mass is 10.0. The minimum Gasteiger partial charge on any atom is -0.488 e. The number of fused-ring (bicyclic) bond motifs is 2. The zero-order valence-electron chi connectivity index (χ0n) is 23.3. The van der Waals surface area contributed by atoms with E-state index in [2.05, 4.69) is 9.62 Å². The zero-order valence-corrected chi connectivity index (χ0v) is 24.9. The number of aliphatic hydroxyl groups excluding tert-OH is 1. The Morgan fingerprint density at radius 1 is 1.15 bits per heavy atom. The average Bonchev–Trinajstić information content (AvgIpc) is 3.64. The number of aliphatic hydroxyl groups is 1. The minimum atomic E-state index is -3.75. The van der Waals surface area contributed by atoms with Crippen molar-refractivity contribution in [3.05, 3.63) is 65.0 Å². The van der Waals surface area contributed by atoms with Crippen LogP contribution in [-0.2, 0) is 27.8 Å². The van der Waals surface area contributed by atoms with E-state index >= 15 is 0 Å². The number of nitrogens with zero attached hydrogens (tertiary/aromatic N) is 2. The Kier molecular flexibility index (Phi) is 8.74. The van der Waals surface area contributed by atoms with Gasteiger partial charge in [-0.25, -0.2) is 8.42 Å². The van der Waals surface area contributed by atoms with Crippen LogP contribution in [0.4, 0.5) is 5.69 Å². The van der Waals surface area contributed by atoms with Gasteiger partial charge < -0.3 is 24.2 Å². The fourth-order valence-electron chi connectivity index (χ4n) is 5.06. The third-order valence-corrected chi connectivity index (χ3v) is 10.1. The third kappa shape index (κ3) is 6.78. The highest BCUT2D eigenvalue weighted by molar-refractivity contribution is 7.94. The van der Waals surface area contributed by atoms with Crippen LogP contribution in [0.25, 0.3) is 0 Å². The topological polar surface area (TPSA) is 118 Å². The number of sulfonamides is 1. The maximum absolute atomic E-state index is 13.5. The molecular formula is C29H35N3O7S2. The number of carbonyl (C=O) groups is 1. The second kappa shape index (κ2) is 12.3. The van der Waals surface area contributed by atoms with Crippen LogP contribution in [0, 0.1) is 5.92 Å². The maximum Gasteiger partial charge on any atom is 0.271 e. The van der Waals surface area contributed by atoms with E-state index in [-0.39, 0.29) is 48.0 Å². The van der Waals surface area contributed by atoms with Gasteiger partial charge >= 0.3 is 0 Å². The molecule has 10 nitrogen and oxygen atoms in total. The molecule has 0 saturated heterocycles. The molecule has 220 valence electrons. The minimum absolute atomic E-state index is 0.0146. The molecule has 0 bridgehead atoms. The number of rotatable bonds is 9. The standard InChI is InChI=1S/C29H35N3O7S2/c1-19-14-32(20(2)17-33)28(34)13-22-12-23(30-41(35,36)29-5-4-10-40-29)7-9-24(22)39-27(19)16-31(3)15-21-6-8-25-26(11-21)38-18-37-25/h4-12,19-20,27,30,33H,13-18H2,1-3H3/t19-,20-,27-/m0/s1. The summed E-state index contributed by atoms with van der Waals surface area (Å²) < 4.78 is 46.0. The van der Waals surface area contributed by atoms with Crippen LogP contribution in [0.15, 0.2) is 58.1 Å². The van der Waals surface area contributed by atoms with Gasteiger partial charge in [0.15, 0.2) is 11.5 Å². The molecule has 0 fully saturated rings. The monoisotopic (exact) mass is 601 g/mol. The van der Waals surface area contributed by atoms with E-state index < -0.39 is 10.0 Å². The lowest BCUT2D eigenvalue weighted by Crippen LogP contribution is -2.47. The number of anilines is 1. The highest BCUT2D eigenvalue weighted by Crippen LogP contribution is 2.33. The van der Waals surface area contributed by atoms with E-state index in [1.807, 2.05) is 39.1 Å². The predicted octanol–water partition coefficient (Wildman–Crippen LogP) is 3.56. The summed E-state index contributed by atoms with van der Waals surface area (Å²) in [7, 11) is -1.75. The third-order valence-electron chi connectivity index (χ3n) is 7.31. The van der Waals surface area contributed by atoms with Gasteiger partial charge in [0, 0.05) is 36.8 Å². The zero-order chi connectivity index (χ0) is 29.1. The summed E-state index contributed by atoms with van der Waals surface area (Å²) in [6, 6.07) is 13.8. The largest absolute Gasteiger partial charge is 0.488 e. The van der Waals surface area contributed by atoms with Gasteiger partial charge in [-0.15, -0.1) is 11.3 Å². The van der Waals surface area contributed by atoms with Crippen molar-refractivity contribution in [1.29, 1.82) is 0 Å². The fraction of sp³-hybridized carbons (Fsp3) is 0.414. The second-order valence-corrected chi connectivity index (χ2v) is 13.5. The number of likely N-dealkylation sites (N-methyl/N-ethyl adjacent to an activating group) is 1. The average molecular weight is 602 g/mol. The van der Waals surface area contributed by atoms with Gasteiger partial charge in [-0.2, -0.15) is 0 Å². The first-order valence-corrected chi connectivity index (χ1v) is 15.8. The SMILES string of the molecule is C[C@H]1CN([C@@H](C)CO)C(=O)Cc2cc(NS(=O)(=O)c3cccs3)ccc2O[C@H]1CN(C)Cc1ccc2c(c1)OCO2. The molecule has 0 spiro atoms. The van der Waals surface area contributed by atoms with Gasteiger partial charge in [-0.1, -0.05) is 19.1 Å². The molecule has 0 radical (unpaired) electrons. The highest BCUT2D eigenvalue weighted by atomic mass is 32.2. The van der Waals surface area contributed by atoms with Crippen LogP contribution in [-0.4, -0.2) is 74.9 Å². The Labute approximate surface area is 244 Å². The van der Waals surface area contributed by atoms with Crippen molar-refractivity contribution >= 4 is 33.0 Å². The molecule has 3 heterocycles. The van der Waals surface area contributed by atoms with Crippen molar-refractivity contribution < 1.29 is 32.5 Å². The molecule has 2 aliphatic rings. The Morgan fingerprint density at radius 2 is 1.93 bits per heavy atom. The molecule has 5 rings (SSSR count). The van der Waals surface area contributed by atoms with Crippen molar-refractivity contribution in [3.8, 4) is 17.2 Å². The molecule has 0 saturated carbocycles. The van der Waals surface area contributed by atoms with Crippen LogP contribution in [0.2, 0.25) is 0 Å². The second-order valence-electron chi connectivity index (χ2n) is 10.6. The molecule has 41 heavy (non-hydrogen) atoms. The van der Waals surface area contributed by atoms with Crippen molar-refractivity contribution in [2.75, 3.05) is 38.3 Å². The molecule has 0 unspecified atom stereocenters. The summed E-state index contributed by atoms with van der Waals surface area (Å²) in [4.78, 5) is 17.3. The first-order chi connectivity index (χ1) is 19.6. The number of amides is 1. The lowest BCUT2D eigenvalue weighted by Gasteiger charge is -2.34. The van der Waals surface area contributed by atoms with E-state index in [0.29, 0.717) is 36.6 Å². The van der Waals surface area contributed by atoms with Gasteiger partial charge in [0.05, 0.1) is 19.1 Å². The van der Waals surface area contributed by atoms with Gasteiger partial charge in [0.2, 0.25) is 12.7 Å². The van der Waals surface area contributed by atoms with E-state index in [1.165, 1.54) is 6.07 Å². The van der Waals surface area contributed by atoms with Crippen LogP contribution >= 0.6 is 11.3 Å². The summed E-state index contributed by atoms with van der Waals surface area (Å²) in [5, 5.41) is 11.6. The molecule has 3 aromatic rings. The Morgan fingerprint density at radius 3 is 2.68 bits per heavy atom. The molecule has 2 aliphatic heterocycles. The van der Waals surface area contributed by atoms with Gasteiger partial charge in [0.25, 0.3) is 10.0 Å². The summed E-state index contributed by atoms with van der Waals surface area (Å²) in [5.74, 6) is 1.78. The number of hydrogen-bond acceptors (Lipinski definition) is 9. The number of benzene rings is 2. The normalized spacial score (nSPS) is 19.6. The smallest absolute Gasteiger partial charge is 0.271 e. The van der Waals surface area contributed by atoms with Crippen molar-refractivity contribution in [3.63, 3.8) is 0 Å². The molecule has 1 aromatic heterocycles. The van der Waals surface area contributed by atoms with Crippen molar-refractivity contribution in [2.45, 2.75) is 43.2 Å². The lowest BCUT2D eigenvalue weighted by molar-refractivity contribution is -0.134. The fourth-order valence-corrected chi connectivity index (χ4v) is 7.10. The molecule has 12 heteroatoms. The maximum atomic E-state index is 13.5. The van der Waals surface area contributed by atoms with Gasteiger partial charge in [0.1, 0.15) is 16.1 Å². The Hall–Kier alpha value is -3.32. The number of ether oxygens (including phenoxy) is 3. The first-order valence-electron chi connectivity index (χ1n) is 13.5. The predicted molar refractivity (Wildman–Crippen MR) is 156 cm³/mol. The highest BCUT2D eigenvalue weighted by Gasteiger charge is 2.31. The number of thiophene rings is 1.